The molecule has 0 saturated carbocycles. The Morgan fingerprint density at radius 3 is 3.08 bits per heavy atom. The van der Waals surface area contributed by atoms with Crippen LogP contribution in [-0.2, 0) is 0 Å². The van der Waals surface area contributed by atoms with Gasteiger partial charge < -0.3 is 11.1 Å². The van der Waals surface area contributed by atoms with Crippen molar-refractivity contribution in [3.05, 3.63) is 18.2 Å². The molecule has 0 amide bonds. The van der Waals surface area contributed by atoms with Crippen molar-refractivity contribution in [3.8, 4) is 0 Å². The van der Waals surface area contributed by atoms with Crippen molar-refractivity contribution in [2.24, 2.45) is 0 Å². The van der Waals surface area contributed by atoms with E-state index < -0.39 is 0 Å². The first-order chi connectivity index (χ1) is 5.81. The number of nitrogens with zero attached hydrogens (tertiary/aromatic N) is 3. The number of anilines is 2. The fourth-order valence-corrected chi connectivity index (χ4v) is 1.11. The van der Waals surface area contributed by atoms with E-state index in [0.29, 0.717) is 0 Å². The summed E-state index contributed by atoms with van der Waals surface area (Å²) in [4.78, 5) is 4.01. The summed E-state index contributed by atoms with van der Waals surface area (Å²) in [6.45, 7) is 0. The van der Waals surface area contributed by atoms with Gasteiger partial charge in [0.2, 0.25) is 5.95 Å². The van der Waals surface area contributed by atoms with Crippen LogP contribution in [0.4, 0.5) is 11.8 Å². The van der Waals surface area contributed by atoms with E-state index in [4.69, 9.17) is 5.73 Å². The second kappa shape index (κ2) is 2.37. The van der Waals surface area contributed by atoms with E-state index in [0.717, 1.165) is 11.5 Å². The van der Waals surface area contributed by atoms with E-state index >= 15 is 0 Å². The molecule has 0 aromatic carbocycles. The summed E-state index contributed by atoms with van der Waals surface area (Å²) < 4.78 is 1.66. The zero-order valence-corrected chi connectivity index (χ0v) is 6.65. The smallest absolute Gasteiger partial charge is 0.240 e. The third kappa shape index (κ3) is 0.868. The lowest BCUT2D eigenvalue weighted by atomic mass is 10.4. The molecule has 5 heteroatoms. The van der Waals surface area contributed by atoms with Gasteiger partial charge in [0, 0.05) is 7.05 Å². The Bertz CT molecular complexity index is 405. The Balaban J connectivity index is 2.78. The quantitative estimate of drug-likeness (QED) is 0.636. The van der Waals surface area contributed by atoms with Crippen LogP contribution in [-0.4, -0.2) is 21.6 Å². The summed E-state index contributed by atoms with van der Waals surface area (Å²) in [5.74, 6) is 1.16. The van der Waals surface area contributed by atoms with Gasteiger partial charge in [-0.25, -0.2) is 0 Å². The summed E-state index contributed by atoms with van der Waals surface area (Å²) in [6, 6.07) is 5.65. The molecule has 62 valence electrons. The standard InChI is InChI=1S/C7H9N5/c1-9-5-3-2-4-6-10-7(8)11-12(5)6/h2-4,9H,1H3,(H2,8,11). The lowest BCUT2D eigenvalue weighted by Crippen LogP contribution is -1.98. The lowest BCUT2D eigenvalue weighted by Gasteiger charge is -2.00. The molecule has 2 heterocycles. The van der Waals surface area contributed by atoms with Crippen molar-refractivity contribution >= 4 is 17.4 Å². The molecule has 0 aliphatic rings. The minimum atomic E-state index is 0.290. The van der Waals surface area contributed by atoms with Gasteiger partial charge >= 0.3 is 0 Å². The van der Waals surface area contributed by atoms with Crippen LogP contribution in [0.2, 0.25) is 0 Å². The number of aromatic nitrogens is 3. The van der Waals surface area contributed by atoms with Gasteiger partial charge in [0.25, 0.3) is 0 Å². The molecule has 0 spiro atoms. The fraction of sp³-hybridized carbons (Fsp3) is 0.143. The van der Waals surface area contributed by atoms with Gasteiger partial charge in [0.15, 0.2) is 5.65 Å². The Morgan fingerprint density at radius 1 is 1.50 bits per heavy atom. The number of nitrogens with two attached hydrogens (primary N) is 1. The monoisotopic (exact) mass is 163 g/mol. The van der Waals surface area contributed by atoms with E-state index in [-0.39, 0.29) is 5.95 Å². The lowest BCUT2D eigenvalue weighted by molar-refractivity contribution is 0.971. The van der Waals surface area contributed by atoms with E-state index in [9.17, 15) is 0 Å². The van der Waals surface area contributed by atoms with Crippen molar-refractivity contribution in [1.29, 1.82) is 0 Å². The molecule has 0 radical (unpaired) electrons. The van der Waals surface area contributed by atoms with E-state index in [1.54, 1.807) is 4.52 Å². The van der Waals surface area contributed by atoms with Gasteiger partial charge in [-0.1, -0.05) is 6.07 Å². The Morgan fingerprint density at radius 2 is 2.33 bits per heavy atom. The number of hydrogen-bond donors (Lipinski definition) is 2. The predicted octanol–water partition coefficient (Wildman–Crippen LogP) is 0.353. The van der Waals surface area contributed by atoms with Gasteiger partial charge in [-0.2, -0.15) is 9.50 Å². The maximum absolute atomic E-state index is 5.44. The van der Waals surface area contributed by atoms with Crippen molar-refractivity contribution in [3.63, 3.8) is 0 Å². The first-order valence-electron chi connectivity index (χ1n) is 3.60. The van der Waals surface area contributed by atoms with E-state index in [2.05, 4.69) is 15.4 Å². The van der Waals surface area contributed by atoms with Crippen molar-refractivity contribution in [2.75, 3.05) is 18.1 Å². The van der Waals surface area contributed by atoms with Gasteiger partial charge in [0.05, 0.1) is 0 Å². The molecule has 0 bridgehead atoms. The molecule has 2 aromatic heterocycles. The van der Waals surface area contributed by atoms with Crippen LogP contribution in [0.25, 0.3) is 5.65 Å². The number of nitrogen functional groups attached to an aromatic ring is 1. The third-order valence-electron chi connectivity index (χ3n) is 1.63. The van der Waals surface area contributed by atoms with Crippen molar-refractivity contribution < 1.29 is 0 Å². The summed E-state index contributed by atoms with van der Waals surface area (Å²) in [5, 5.41) is 6.99. The SMILES string of the molecule is CNc1cccc2nc(N)nn12. The normalized spacial score (nSPS) is 10.4. The van der Waals surface area contributed by atoms with Gasteiger partial charge in [-0.05, 0) is 12.1 Å². The predicted molar refractivity (Wildman–Crippen MR) is 46.9 cm³/mol. The van der Waals surface area contributed by atoms with Crippen LogP contribution in [0.15, 0.2) is 18.2 Å². The number of fused-ring (bicyclic) bond motifs is 1. The molecule has 2 rings (SSSR count). The molecule has 2 aromatic rings. The Kier molecular flexibility index (Phi) is 1.36. The van der Waals surface area contributed by atoms with E-state index in [1.165, 1.54) is 0 Å². The molecular formula is C7H9N5. The summed E-state index contributed by atoms with van der Waals surface area (Å²) >= 11 is 0. The number of rotatable bonds is 1. The summed E-state index contributed by atoms with van der Waals surface area (Å²) in [5.41, 5.74) is 6.19. The number of pyridine rings is 1. The van der Waals surface area contributed by atoms with Gasteiger partial charge in [-0.15, -0.1) is 5.10 Å². The van der Waals surface area contributed by atoms with Crippen molar-refractivity contribution in [1.82, 2.24) is 14.6 Å². The molecule has 0 aliphatic heterocycles. The van der Waals surface area contributed by atoms with Crippen LogP contribution in [0.1, 0.15) is 0 Å². The number of nitrogens with one attached hydrogen (secondary N) is 1. The average Bonchev–Trinajstić information content (AvgIpc) is 2.44. The van der Waals surface area contributed by atoms with Crippen LogP contribution < -0.4 is 11.1 Å². The zero-order chi connectivity index (χ0) is 8.55. The number of hydrogen-bond acceptors (Lipinski definition) is 4. The van der Waals surface area contributed by atoms with E-state index in [1.807, 2.05) is 25.2 Å². The molecule has 0 unspecified atom stereocenters. The highest BCUT2D eigenvalue weighted by molar-refractivity contribution is 5.50. The third-order valence-corrected chi connectivity index (χ3v) is 1.63. The Labute approximate surface area is 69.2 Å². The summed E-state index contributed by atoms with van der Waals surface area (Å²) in [7, 11) is 1.83. The van der Waals surface area contributed by atoms with Crippen LogP contribution in [0.5, 0.6) is 0 Å². The fourth-order valence-electron chi connectivity index (χ4n) is 1.11. The largest absolute Gasteiger partial charge is 0.373 e. The van der Waals surface area contributed by atoms with Gasteiger partial charge in [-0.3, -0.25) is 0 Å². The molecule has 0 aliphatic carbocycles. The highest BCUT2D eigenvalue weighted by atomic mass is 15.4. The molecule has 3 N–H and O–H groups in total. The second-order valence-corrected chi connectivity index (χ2v) is 2.40. The highest BCUT2D eigenvalue weighted by Gasteiger charge is 2.01. The first-order valence-corrected chi connectivity index (χ1v) is 3.60. The molecule has 0 fully saturated rings. The van der Waals surface area contributed by atoms with Crippen LogP contribution in [0, 0.1) is 0 Å². The molecule has 12 heavy (non-hydrogen) atoms. The van der Waals surface area contributed by atoms with Gasteiger partial charge in [0.1, 0.15) is 5.82 Å². The first kappa shape index (κ1) is 6.90. The molecular weight excluding hydrogens is 154 g/mol. The molecule has 5 nitrogen and oxygen atoms in total. The highest BCUT2D eigenvalue weighted by Crippen LogP contribution is 2.09. The Hall–Kier alpha value is -1.78. The maximum Gasteiger partial charge on any atom is 0.240 e. The maximum atomic E-state index is 5.44. The van der Waals surface area contributed by atoms with Crippen LogP contribution >= 0.6 is 0 Å². The van der Waals surface area contributed by atoms with Crippen LogP contribution in [0.3, 0.4) is 0 Å². The molecule has 0 atom stereocenters. The van der Waals surface area contributed by atoms with Crippen molar-refractivity contribution in [2.45, 2.75) is 0 Å². The minimum Gasteiger partial charge on any atom is -0.373 e. The minimum absolute atomic E-state index is 0.290. The average molecular weight is 163 g/mol. The topological polar surface area (TPSA) is 68.2 Å². The summed E-state index contributed by atoms with van der Waals surface area (Å²) in [6.07, 6.45) is 0. The zero-order valence-electron chi connectivity index (χ0n) is 6.65. The second-order valence-electron chi connectivity index (χ2n) is 2.40. The molecule has 0 saturated heterocycles.